The van der Waals surface area contributed by atoms with Crippen LogP contribution in [0.5, 0.6) is 5.75 Å². The number of ether oxygens (including phenoxy) is 1. The minimum atomic E-state index is -0.601. The Kier molecular flexibility index (Phi) is 5.34. The molecule has 0 aliphatic carbocycles. The maximum absolute atomic E-state index is 12.5. The normalized spacial score (nSPS) is 10.4. The lowest BCUT2D eigenvalue weighted by Crippen LogP contribution is -2.12. The van der Waals surface area contributed by atoms with E-state index in [0.717, 1.165) is 5.69 Å². The molecule has 0 aliphatic rings. The monoisotopic (exact) mass is 398 g/mol. The number of anilines is 1. The van der Waals surface area contributed by atoms with Crippen molar-refractivity contribution in [1.82, 2.24) is 15.0 Å². The Hall–Kier alpha value is -4.26. The van der Waals surface area contributed by atoms with Crippen LogP contribution in [-0.4, -0.2) is 26.9 Å². The van der Waals surface area contributed by atoms with Crippen molar-refractivity contribution < 1.29 is 14.3 Å². The molecule has 4 rings (SSSR count). The third kappa shape index (κ3) is 4.25. The predicted molar refractivity (Wildman–Crippen MR) is 112 cm³/mol. The van der Waals surface area contributed by atoms with Gasteiger partial charge >= 0.3 is 5.97 Å². The Morgan fingerprint density at radius 1 is 0.833 bits per heavy atom. The van der Waals surface area contributed by atoms with Crippen molar-refractivity contribution in [2.24, 2.45) is 0 Å². The van der Waals surface area contributed by atoms with Crippen molar-refractivity contribution in [2.45, 2.75) is 6.92 Å². The molecular weight excluding hydrogens is 380 g/mol. The summed E-state index contributed by atoms with van der Waals surface area (Å²) in [5.74, 6) is -0.476. The molecule has 0 aliphatic heterocycles. The first-order valence-electron chi connectivity index (χ1n) is 9.28. The highest BCUT2D eigenvalue weighted by Gasteiger charge is 2.18. The number of rotatable bonds is 5. The summed E-state index contributed by atoms with van der Waals surface area (Å²) < 4.78 is 5.41. The maximum Gasteiger partial charge on any atom is 0.366 e. The van der Waals surface area contributed by atoms with Gasteiger partial charge in [0, 0.05) is 11.3 Å². The van der Waals surface area contributed by atoms with E-state index in [1.165, 1.54) is 4.80 Å². The number of aromatic nitrogens is 3. The third-order valence-corrected chi connectivity index (χ3v) is 4.32. The molecule has 7 nitrogen and oxygen atoms in total. The standard InChI is InChI=1S/C23H18N4O3/c1-16-21(26-27(25-16)19-10-6-3-7-11-19)23(29)30-20-14-12-18(13-15-20)24-22(28)17-8-4-2-5-9-17/h2-15H,1H3,(H,24,28). The quantitative estimate of drug-likeness (QED) is 0.405. The fraction of sp³-hybridized carbons (Fsp3) is 0.0435. The summed E-state index contributed by atoms with van der Waals surface area (Å²) in [6.45, 7) is 1.70. The minimum absolute atomic E-state index is 0.139. The first-order valence-corrected chi connectivity index (χ1v) is 9.28. The molecule has 0 bridgehead atoms. The zero-order chi connectivity index (χ0) is 20.9. The first kappa shape index (κ1) is 19.1. The second-order valence-corrected chi connectivity index (χ2v) is 6.49. The lowest BCUT2D eigenvalue weighted by Gasteiger charge is -2.07. The van der Waals surface area contributed by atoms with Crippen LogP contribution in [0.4, 0.5) is 5.69 Å². The van der Waals surface area contributed by atoms with Gasteiger partial charge in [-0.15, -0.1) is 5.10 Å². The van der Waals surface area contributed by atoms with E-state index in [1.807, 2.05) is 36.4 Å². The van der Waals surface area contributed by atoms with Crippen LogP contribution in [0.25, 0.3) is 5.69 Å². The van der Waals surface area contributed by atoms with E-state index in [2.05, 4.69) is 15.5 Å². The Labute approximate surface area is 172 Å². The van der Waals surface area contributed by atoms with Crippen LogP contribution >= 0.6 is 0 Å². The van der Waals surface area contributed by atoms with Gasteiger partial charge < -0.3 is 10.1 Å². The number of esters is 1. The molecule has 0 saturated carbocycles. The van der Waals surface area contributed by atoms with E-state index < -0.39 is 5.97 Å². The molecule has 0 unspecified atom stereocenters. The van der Waals surface area contributed by atoms with Crippen molar-refractivity contribution in [3.63, 3.8) is 0 Å². The van der Waals surface area contributed by atoms with Gasteiger partial charge in [-0.2, -0.15) is 9.90 Å². The molecule has 1 amide bonds. The maximum atomic E-state index is 12.5. The SMILES string of the molecule is Cc1nn(-c2ccccc2)nc1C(=O)Oc1ccc(NC(=O)c2ccccc2)cc1. The molecule has 148 valence electrons. The molecule has 1 N–H and O–H groups in total. The highest BCUT2D eigenvalue weighted by molar-refractivity contribution is 6.04. The zero-order valence-electron chi connectivity index (χ0n) is 16.1. The lowest BCUT2D eigenvalue weighted by atomic mass is 10.2. The third-order valence-electron chi connectivity index (χ3n) is 4.32. The van der Waals surface area contributed by atoms with E-state index in [4.69, 9.17) is 4.74 Å². The van der Waals surface area contributed by atoms with Crippen molar-refractivity contribution in [3.8, 4) is 11.4 Å². The number of nitrogens with zero attached hydrogens (tertiary/aromatic N) is 3. The molecular formula is C23H18N4O3. The summed E-state index contributed by atoms with van der Waals surface area (Å²) in [7, 11) is 0. The summed E-state index contributed by atoms with van der Waals surface area (Å²) >= 11 is 0. The second-order valence-electron chi connectivity index (χ2n) is 6.49. The van der Waals surface area contributed by atoms with E-state index in [0.29, 0.717) is 22.7 Å². The number of benzene rings is 3. The molecule has 1 heterocycles. The summed E-state index contributed by atoms with van der Waals surface area (Å²) in [6, 6.07) is 24.8. The minimum Gasteiger partial charge on any atom is -0.422 e. The first-order chi connectivity index (χ1) is 14.6. The van der Waals surface area contributed by atoms with Gasteiger partial charge in [0.15, 0.2) is 5.69 Å². The average Bonchev–Trinajstić information content (AvgIpc) is 3.18. The van der Waals surface area contributed by atoms with E-state index in [1.54, 1.807) is 55.5 Å². The Morgan fingerprint density at radius 2 is 1.47 bits per heavy atom. The molecule has 3 aromatic carbocycles. The van der Waals surface area contributed by atoms with Crippen LogP contribution in [0.3, 0.4) is 0 Å². The van der Waals surface area contributed by atoms with Crippen LogP contribution in [0.1, 0.15) is 26.5 Å². The fourth-order valence-electron chi connectivity index (χ4n) is 2.80. The Balaban J connectivity index is 1.43. The van der Waals surface area contributed by atoms with Gasteiger partial charge in [-0.3, -0.25) is 4.79 Å². The second kappa shape index (κ2) is 8.40. The molecule has 0 saturated heterocycles. The number of hydrogen-bond acceptors (Lipinski definition) is 5. The summed E-state index contributed by atoms with van der Waals surface area (Å²) in [6.07, 6.45) is 0. The van der Waals surface area contributed by atoms with Crippen LogP contribution in [0.2, 0.25) is 0 Å². The number of aryl methyl sites for hydroxylation is 1. The highest BCUT2D eigenvalue weighted by Crippen LogP contribution is 2.18. The summed E-state index contributed by atoms with van der Waals surface area (Å²) in [5, 5.41) is 11.3. The van der Waals surface area contributed by atoms with Gasteiger partial charge in [-0.25, -0.2) is 4.79 Å². The number of amides is 1. The van der Waals surface area contributed by atoms with Gasteiger partial charge in [-0.05, 0) is 55.5 Å². The number of para-hydroxylation sites is 1. The Bertz CT molecular complexity index is 1170. The molecule has 30 heavy (non-hydrogen) atoms. The number of hydrogen-bond donors (Lipinski definition) is 1. The molecule has 0 atom stereocenters. The number of nitrogens with one attached hydrogen (secondary N) is 1. The van der Waals surface area contributed by atoms with Crippen LogP contribution in [0, 0.1) is 6.92 Å². The predicted octanol–water partition coefficient (Wildman–Crippen LogP) is 4.05. The summed E-state index contributed by atoms with van der Waals surface area (Å²) in [5.41, 5.74) is 2.51. The Morgan fingerprint density at radius 3 is 2.13 bits per heavy atom. The fourth-order valence-corrected chi connectivity index (χ4v) is 2.80. The van der Waals surface area contributed by atoms with E-state index >= 15 is 0 Å². The topological polar surface area (TPSA) is 86.1 Å². The van der Waals surface area contributed by atoms with Gasteiger partial charge in [0.25, 0.3) is 5.91 Å². The molecule has 0 spiro atoms. The summed E-state index contributed by atoms with van der Waals surface area (Å²) in [4.78, 5) is 26.1. The van der Waals surface area contributed by atoms with Gasteiger partial charge in [0.05, 0.1) is 11.4 Å². The van der Waals surface area contributed by atoms with Crippen LogP contribution < -0.4 is 10.1 Å². The molecule has 0 fully saturated rings. The van der Waals surface area contributed by atoms with Crippen molar-refractivity contribution >= 4 is 17.6 Å². The van der Waals surface area contributed by atoms with Gasteiger partial charge in [-0.1, -0.05) is 36.4 Å². The molecule has 0 radical (unpaired) electrons. The lowest BCUT2D eigenvalue weighted by molar-refractivity contribution is 0.0727. The smallest absolute Gasteiger partial charge is 0.366 e. The van der Waals surface area contributed by atoms with Gasteiger partial charge in [0.1, 0.15) is 5.75 Å². The molecule has 1 aromatic heterocycles. The zero-order valence-corrected chi connectivity index (χ0v) is 16.1. The number of carbonyl (C=O) groups excluding carboxylic acids is 2. The highest BCUT2D eigenvalue weighted by atomic mass is 16.5. The van der Waals surface area contributed by atoms with Crippen molar-refractivity contribution in [3.05, 3.63) is 102 Å². The van der Waals surface area contributed by atoms with Crippen LogP contribution in [-0.2, 0) is 0 Å². The molecule has 7 heteroatoms. The van der Waals surface area contributed by atoms with E-state index in [9.17, 15) is 9.59 Å². The van der Waals surface area contributed by atoms with E-state index in [-0.39, 0.29) is 11.6 Å². The van der Waals surface area contributed by atoms with Crippen LogP contribution in [0.15, 0.2) is 84.9 Å². The molecule has 4 aromatic rings. The van der Waals surface area contributed by atoms with Crippen molar-refractivity contribution in [2.75, 3.05) is 5.32 Å². The van der Waals surface area contributed by atoms with Gasteiger partial charge in [0.2, 0.25) is 0 Å². The number of carbonyl (C=O) groups is 2. The average molecular weight is 398 g/mol. The van der Waals surface area contributed by atoms with Crippen molar-refractivity contribution in [1.29, 1.82) is 0 Å². The largest absolute Gasteiger partial charge is 0.422 e.